The molecule has 1 heterocycles. The molecule has 0 saturated carbocycles. The Labute approximate surface area is 136 Å². The van der Waals surface area contributed by atoms with Crippen molar-refractivity contribution >= 4 is 50.7 Å². The van der Waals surface area contributed by atoms with Gasteiger partial charge < -0.3 is 9.15 Å². The smallest absolute Gasteiger partial charge is 0.149 e. The second-order valence-corrected chi connectivity index (χ2v) is 5.79. The first-order valence-electron chi connectivity index (χ1n) is 6.37. The molecule has 1 aromatic heterocycles. The van der Waals surface area contributed by atoms with Crippen LogP contribution >= 0.6 is 27.5 Å². The van der Waals surface area contributed by atoms with Crippen molar-refractivity contribution in [2.24, 2.45) is 0 Å². The van der Waals surface area contributed by atoms with Gasteiger partial charge in [-0.2, -0.15) is 0 Å². The Morgan fingerprint density at radius 3 is 2.71 bits per heavy atom. The molecule has 0 aliphatic carbocycles. The zero-order valence-electron chi connectivity index (χ0n) is 11.3. The van der Waals surface area contributed by atoms with E-state index in [1.165, 1.54) is 0 Å². The lowest BCUT2D eigenvalue weighted by Crippen LogP contribution is -1.81. The molecule has 0 atom stereocenters. The van der Waals surface area contributed by atoms with Crippen LogP contribution in [0.15, 0.2) is 51.4 Å². The van der Waals surface area contributed by atoms with Gasteiger partial charge in [-0.1, -0.05) is 29.8 Å². The summed E-state index contributed by atoms with van der Waals surface area (Å²) in [6, 6.07) is 13.5. The van der Waals surface area contributed by atoms with E-state index in [0.29, 0.717) is 5.02 Å². The number of ether oxygens (including phenoxy) is 1. The van der Waals surface area contributed by atoms with E-state index in [2.05, 4.69) is 15.9 Å². The number of hydrogen-bond acceptors (Lipinski definition) is 2. The lowest BCUT2D eigenvalue weighted by molar-refractivity contribution is 0.415. The zero-order chi connectivity index (χ0) is 14.8. The van der Waals surface area contributed by atoms with Gasteiger partial charge in [0, 0.05) is 10.4 Å². The van der Waals surface area contributed by atoms with Gasteiger partial charge >= 0.3 is 0 Å². The summed E-state index contributed by atoms with van der Waals surface area (Å²) in [6.45, 7) is 0. The average molecular weight is 364 g/mol. The van der Waals surface area contributed by atoms with Gasteiger partial charge in [-0.05, 0) is 57.9 Å². The number of rotatable bonds is 3. The van der Waals surface area contributed by atoms with Crippen molar-refractivity contribution in [1.29, 1.82) is 0 Å². The Balaban J connectivity index is 1.98. The molecule has 3 rings (SSSR count). The standard InChI is InChI=1S/C17H12BrClO2/c1-20-14-9-12-8-13(21-17(12)15(18)10-14)7-6-11-4-2-3-5-16(11)19/h2-10H,1H3/b7-6+. The third kappa shape index (κ3) is 2.99. The molecular weight excluding hydrogens is 352 g/mol. The topological polar surface area (TPSA) is 22.4 Å². The van der Waals surface area contributed by atoms with Gasteiger partial charge in [0.15, 0.2) is 0 Å². The summed E-state index contributed by atoms with van der Waals surface area (Å²) in [6.07, 6.45) is 3.84. The van der Waals surface area contributed by atoms with Gasteiger partial charge in [0.25, 0.3) is 0 Å². The Hall–Kier alpha value is -1.71. The molecule has 0 fully saturated rings. The highest BCUT2D eigenvalue weighted by Crippen LogP contribution is 2.32. The molecule has 0 unspecified atom stereocenters. The van der Waals surface area contributed by atoms with Crippen LogP contribution < -0.4 is 4.74 Å². The van der Waals surface area contributed by atoms with Crippen molar-refractivity contribution in [3.05, 3.63) is 63.3 Å². The summed E-state index contributed by atoms with van der Waals surface area (Å²) < 4.78 is 11.9. The van der Waals surface area contributed by atoms with Gasteiger partial charge in [-0.15, -0.1) is 0 Å². The maximum absolute atomic E-state index is 6.13. The van der Waals surface area contributed by atoms with Gasteiger partial charge in [0.2, 0.25) is 0 Å². The second-order valence-electron chi connectivity index (χ2n) is 4.53. The summed E-state index contributed by atoms with van der Waals surface area (Å²) in [5.74, 6) is 1.55. The molecule has 0 aliphatic rings. The summed E-state index contributed by atoms with van der Waals surface area (Å²) in [4.78, 5) is 0. The molecule has 0 N–H and O–H groups in total. The highest BCUT2D eigenvalue weighted by Gasteiger charge is 2.08. The third-order valence-electron chi connectivity index (χ3n) is 3.13. The van der Waals surface area contributed by atoms with Crippen LogP contribution in [0.1, 0.15) is 11.3 Å². The molecule has 2 nitrogen and oxygen atoms in total. The lowest BCUT2D eigenvalue weighted by atomic mass is 10.2. The molecule has 106 valence electrons. The van der Waals surface area contributed by atoms with Gasteiger partial charge in [-0.3, -0.25) is 0 Å². The Morgan fingerprint density at radius 1 is 1.14 bits per heavy atom. The van der Waals surface area contributed by atoms with Crippen LogP contribution in [0.2, 0.25) is 5.02 Å². The van der Waals surface area contributed by atoms with Crippen LogP contribution in [0.5, 0.6) is 5.75 Å². The van der Waals surface area contributed by atoms with E-state index >= 15 is 0 Å². The Morgan fingerprint density at radius 2 is 1.95 bits per heavy atom. The van der Waals surface area contributed by atoms with Crippen LogP contribution in [-0.2, 0) is 0 Å². The molecule has 0 spiro atoms. The van der Waals surface area contributed by atoms with E-state index in [4.69, 9.17) is 20.8 Å². The molecule has 3 aromatic rings. The summed E-state index contributed by atoms with van der Waals surface area (Å²) >= 11 is 9.62. The normalized spacial score (nSPS) is 11.4. The molecule has 21 heavy (non-hydrogen) atoms. The lowest BCUT2D eigenvalue weighted by Gasteiger charge is -1.99. The fourth-order valence-corrected chi connectivity index (χ4v) is 2.82. The molecule has 0 amide bonds. The first-order valence-corrected chi connectivity index (χ1v) is 7.54. The number of hydrogen-bond donors (Lipinski definition) is 0. The quantitative estimate of drug-likeness (QED) is 0.567. The van der Waals surface area contributed by atoms with Crippen molar-refractivity contribution < 1.29 is 9.15 Å². The van der Waals surface area contributed by atoms with E-state index in [9.17, 15) is 0 Å². The number of methoxy groups -OCH3 is 1. The summed E-state index contributed by atoms with van der Waals surface area (Å²) in [5.41, 5.74) is 1.76. The maximum Gasteiger partial charge on any atom is 0.149 e. The molecule has 0 aliphatic heterocycles. The monoisotopic (exact) mass is 362 g/mol. The van der Waals surface area contributed by atoms with Crippen LogP contribution in [0, 0.1) is 0 Å². The molecule has 0 radical (unpaired) electrons. The van der Waals surface area contributed by atoms with Crippen LogP contribution in [-0.4, -0.2) is 7.11 Å². The minimum Gasteiger partial charge on any atom is -0.497 e. The van der Waals surface area contributed by atoms with Gasteiger partial charge in [-0.25, -0.2) is 0 Å². The number of benzene rings is 2. The zero-order valence-corrected chi connectivity index (χ0v) is 13.6. The highest BCUT2D eigenvalue weighted by atomic mass is 79.9. The van der Waals surface area contributed by atoms with Crippen molar-refractivity contribution in [3.63, 3.8) is 0 Å². The SMILES string of the molecule is COc1cc(Br)c2oc(/C=C/c3ccccc3Cl)cc2c1. The van der Waals surface area contributed by atoms with E-state index in [1.807, 2.05) is 54.6 Å². The minimum atomic E-state index is 0.715. The Kier molecular flexibility index (Phi) is 4.04. The van der Waals surface area contributed by atoms with Crippen LogP contribution in [0.25, 0.3) is 23.1 Å². The van der Waals surface area contributed by atoms with E-state index in [1.54, 1.807) is 7.11 Å². The first kappa shape index (κ1) is 14.2. The highest BCUT2D eigenvalue weighted by molar-refractivity contribution is 9.10. The van der Waals surface area contributed by atoms with E-state index < -0.39 is 0 Å². The number of furan rings is 1. The van der Waals surface area contributed by atoms with Crippen molar-refractivity contribution in [2.45, 2.75) is 0 Å². The Bertz CT molecular complexity index is 821. The maximum atomic E-state index is 6.13. The first-order chi connectivity index (χ1) is 10.2. The molecular formula is C17H12BrClO2. The van der Waals surface area contributed by atoms with Crippen molar-refractivity contribution in [3.8, 4) is 5.75 Å². The van der Waals surface area contributed by atoms with Crippen LogP contribution in [0.4, 0.5) is 0 Å². The van der Waals surface area contributed by atoms with Crippen LogP contribution in [0.3, 0.4) is 0 Å². The predicted molar refractivity (Wildman–Crippen MR) is 90.8 cm³/mol. The largest absolute Gasteiger partial charge is 0.497 e. The minimum absolute atomic E-state index is 0.715. The van der Waals surface area contributed by atoms with Crippen molar-refractivity contribution in [2.75, 3.05) is 7.11 Å². The fraction of sp³-hybridized carbons (Fsp3) is 0.0588. The second kappa shape index (κ2) is 5.96. The number of halogens is 2. The molecule has 0 saturated heterocycles. The molecule has 4 heteroatoms. The molecule has 0 bridgehead atoms. The summed E-state index contributed by atoms with van der Waals surface area (Å²) in [5, 5.41) is 1.70. The van der Waals surface area contributed by atoms with E-state index in [0.717, 1.165) is 32.5 Å². The van der Waals surface area contributed by atoms with E-state index in [-0.39, 0.29) is 0 Å². The van der Waals surface area contributed by atoms with Crippen molar-refractivity contribution in [1.82, 2.24) is 0 Å². The molecule has 2 aromatic carbocycles. The average Bonchev–Trinajstić information content (AvgIpc) is 2.90. The fourth-order valence-electron chi connectivity index (χ4n) is 2.09. The number of fused-ring (bicyclic) bond motifs is 1. The van der Waals surface area contributed by atoms with Gasteiger partial charge in [0.1, 0.15) is 17.1 Å². The third-order valence-corrected chi connectivity index (χ3v) is 4.06. The summed E-state index contributed by atoms with van der Waals surface area (Å²) in [7, 11) is 1.64. The predicted octanol–water partition coefficient (Wildman–Crippen LogP) is 6.03. The van der Waals surface area contributed by atoms with Gasteiger partial charge in [0.05, 0.1) is 11.6 Å².